The molecule has 140 valence electrons. The molecule has 0 radical (unpaired) electrons. The van der Waals surface area contributed by atoms with E-state index in [0.29, 0.717) is 31.0 Å². The van der Waals surface area contributed by atoms with Gasteiger partial charge in [-0.1, -0.05) is 24.3 Å². The molecule has 0 saturated carbocycles. The summed E-state index contributed by atoms with van der Waals surface area (Å²) in [6.45, 7) is 6.37. The fraction of sp³-hybridized carbons (Fsp3) is 0.300. The maximum absolute atomic E-state index is 12.4. The van der Waals surface area contributed by atoms with E-state index in [2.05, 4.69) is 20.8 Å². The van der Waals surface area contributed by atoms with Gasteiger partial charge in [0.15, 0.2) is 5.82 Å². The zero-order chi connectivity index (χ0) is 19.2. The predicted octanol–water partition coefficient (Wildman–Crippen LogP) is 3.25. The van der Waals surface area contributed by atoms with E-state index >= 15 is 0 Å². The highest BCUT2D eigenvalue weighted by Crippen LogP contribution is 2.21. The van der Waals surface area contributed by atoms with Gasteiger partial charge in [-0.25, -0.2) is 0 Å². The summed E-state index contributed by atoms with van der Waals surface area (Å²) >= 11 is 0. The van der Waals surface area contributed by atoms with Crippen molar-refractivity contribution in [3.05, 3.63) is 59.4 Å². The summed E-state index contributed by atoms with van der Waals surface area (Å²) in [4.78, 5) is 12.4. The van der Waals surface area contributed by atoms with Crippen LogP contribution in [-0.2, 0) is 11.2 Å². The average Bonchev–Trinajstić information content (AvgIpc) is 3.08. The van der Waals surface area contributed by atoms with Crippen molar-refractivity contribution in [2.75, 3.05) is 11.9 Å². The molecule has 1 aromatic heterocycles. The molecule has 0 unspecified atom stereocenters. The molecule has 1 amide bonds. The lowest BCUT2D eigenvalue weighted by Gasteiger charge is -2.12. The Bertz CT molecular complexity index is 936. The van der Waals surface area contributed by atoms with Crippen molar-refractivity contribution in [1.82, 2.24) is 20.2 Å². The van der Waals surface area contributed by atoms with Gasteiger partial charge in [0.2, 0.25) is 5.91 Å². The Morgan fingerprint density at radius 2 is 2.00 bits per heavy atom. The van der Waals surface area contributed by atoms with Crippen LogP contribution in [0.3, 0.4) is 0 Å². The van der Waals surface area contributed by atoms with Crippen LogP contribution in [0.5, 0.6) is 5.75 Å². The van der Waals surface area contributed by atoms with E-state index in [1.54, 1.807) is 4.68 Å². The number of hydrogen-bond acceptors (Lipinski definition) is 5. The molecule has 0 fully saturated rings. The third-order valence-electron chi connectivity index (χ3n) is 4.24. The summed E-state index contributed by atoms with van der Waals surface area (Å²) in [5.41, 5.74) is 3.61. The van der Waals surface area contributed by atoms with E-state index in [-0.39, 0.29) is 5.91 Å². The Kier molecular flexibility index (Phi) is 5.80. The zero-order valence-electron chi connectivity index (χ0n) is 15.8. The Labute approximate surface area is 158 Å². The van der Waals surface area contributed by atoms with Gasteiger partial charge in [0, 0.05) is 12.1 Å². The molecule has 3 rings (SSSR count). The summed E-state index contributed by atoms with van der Waals surface area (Å²) in [7, 11) is 0. The maximum atomic E-state index is 12.4. The molecule has 7 heteroatoms. The van der Waals surface area contributed by atoms with Crippen molar-refractivity contribution < 1.29 is 9.53 Å². The molecular formula is C20H23N5O2. The number of nitrogens with zero attached hydrogens (tertiary/aromatic N) is 4. The number of benzene rings is 2. The monoisotopic (exact) mass is 365 g/mol. The van der Waals surface area contributed by atoms with E-state index in [0.717, 1.165) is 22.6 Å². The van der Waals surface area contributed by atoms with E-state index < -0.39 is 0 Å². The molecule has 27 heavy (non-hydrogen) atoms. The van der Waals surface area contributed by atoms with Crippen LogP contribution < -0.4 is 10.1 Å². The summed E-state index contributed by atoms with van der Waals surface area (Å²) in [5, 5.41) is 14.5. The molecule has 3 aromatic rings. The number of ether oxygens (including phenoxy) is 1. The van der Waals surface area contributed by atoms with Crippen LogP contribution in [0.1, 0.15) is 30.3 Å². The molecular weight excluding hydrogens is 342 g/mol. The van der Waals surface area contributed by atoms with Gasteiger partial charge in [-0.15, -0.1) is 5.10 Å². The summed E-state index contributed by atoms with van der Waals surface area (Å²) in [6.07, 6.45) is 0.990. The number of anilines is 1. The van der Waals surface area contributed by atoms with Gasteiger partial charge in [0.1, 0.15) is 5.75 Å². The van der Waals surface area contributed by atoms with Gasteiger partial charge < -0.3 is 10.1 Å². The molecule has 0 atom stereocenters. The van der Waals surface area contributed by atoms with Crippen LogP contribution in [-0.4, -0.2) is 32.7 Å². The summed E-state index contributed by atoms with van der Waals surface area (Å²) < 4.78 is 7.27. The SMILES string of the molecule is CCOc1ccccc1CCC(=O)Nc1ccc(C)c(-n2nnnc2C)c1. The van der Waals surface area contributed by atoms with Crippen molar-refractivity contribution in [2.24, 2.45) is 0 Å². The quantitative estimate of drug-likeness (QED) is 0.695. The van der Waals surface area contributed by atoms with Gasteiger partial charge in [0.25, 0.3) is 0 Å². The molecule has 7 nitrogen and oxygen atoms in total. The number of para-hydroxylation sites is 1. The largest absolute Gasteiger partial charge is 0.494 e. The zero-order valence-corrected chi connectivity index (χ0v) is 15.8. The van der Waals surface area contributed by atoms with Crippen molar-refractivity contribution in [3.63, 3.8) is 0 Å². The number of carbonyl (C=O) groups is 1. The van der Waals surface area contributed by atoms with Crippen LogP contribution in [0.15, 0.2) is 42.5 Å². The second kappa shape index (κ2) is 8.44. The highest BCUT2D eigenvalue weighted by molar-refractivity contribution is 5.91. The topological polar surface area (TPSA) is 81.9 Å². The van der Waals surface area contributed by atoms with E-state index in [1.165, 1.54) is 0 Å². The molecule has 0 bridgehead atoms. The first-order chi connectivity index (χ1) is 13.1. The Morgan fingerprint density at radius 3 is 2.74 bits per heavy atom. The minimum absolute atomic E-state index is 0.0514. The van der Waals surface area contributed by atoms with Gasteiger partial charge in [-0.05, 0) is 66.9 Å². The van der Waals surface area contributed by atoms with Gasteiger partial charge in [0.05, 0.1) is 12.3 Å². The van der Waals surface area contributed by atoms with Crippen molar-refractivity contribution in [1.29, 1.82) is 0 Å². The van der Waals surface area contributed by atoms with Crippen LogP contribution in [0.2, 0.25) is 0 Å². The average molecular weight is 365 g/mol. The van der Waals surface area contributed by atoms with Crippen molar-refractivity contribution in [3.8, 4) is 11.4 Å². The summed E-state index contributed by atoms with van der Waals surface area (Å²) in [5.74, 6) is 1.47. The van der Waals surface area contributed by atoms with Crippen LogP contribution in [0.4, 0.5) is 5.69 Å². The predicted molar refractivity (Wildman–Crippen MR) is 103 cm³/mol. The lowest BCUT2D eigenvalue weighted by atomic mass is 10.1. The maximum Gasteiger partial charge on any atom is 0.224 e. The molecule has 2 aromatic carbocycles. The number of hydrogen-bond donors (Lipinski definition) is 1. The number of tetrazole rings is 1. The van der Waals surface area contributed by atoms with Crippen LogP contribution in [0.25, 0.3) is 5.69 Å². The Hall–Kier alpha value is -3.22. The standard InChI is InChI=1S/C20H23N5O2/c1-4-27-19-8-6-5-7-16(19)10-12-20(26)21-17-11-9-14(2)18(13-17)25-15(3)22-23-24-25/h5-9,11,13H,4,10,12H2,1-3H3,(H,21,26). The molecule has 1 heterocycles. The second-order valence-corrected chi connectivity index (χ2v) is 6.23. The molecule has 1 N–H and O–H groups in total. The first-order valence-corrected chi connectivity index (χ1v) is 8.95. The van der Waals surface area contributed by atoms with Gasteiger partial charge >= 0.3 is 0 Å². The number of nitrogens with one attached hydrogen (secondary N) is 1. The fourth-order valence-corrected chi connectivity index (χ4v) is 2.85. The molecule has 0 spiro atoms. The van der Waals surface area contributed by atoms with Crippen molar-refractivity contribution >= 4 is 11.6 Å². The van der Waals surface area contributed by atoms with E-state index in [9.17, 15) is 4.79 Å². The smallest absolute Gasteiger partial charge is 0.224 e. The summed E-state index contributed by atoms with van der Waals surface area (Å²) in [6, 6.07) is 13.5. The molecule has 0 aliphatic carbocycles. The third kappa shape index (κ3) is 4.49. The first-order valence-electron chi connectivity index (χ1n) is 8.95. The molecule has 0 aliphatic heterocycles. The highest BCUT2D eigenvalue weighted by Gasteiger charge is 2.11. The lowest BCUT2D eigenvalue weighted by molar-refractivity contribution is -0.116. The number of aromatic nitrogens is 4. The minimum atomic E-state index is -0.0514. The number of carbonyl (C=O) groups excluding carboxylic acids is 1. The minimum Gasteiger partial charge on any atom is -0.494 e. The molecule has 0 saturated heterocycles. The normalized spacial score (nSPS) is 10.6. The van der Waals surface area contributed by atoms with Gasteiger partial charge in [-0.3, -0.25) is 4.79 Å². The van der Waals surface area contributed by atoms with Crippen molar-refractivity contribution in [2.45, 2.75) is 33.6 Å². The van der Waals surface area contributed by atoms with E-state index in [1.807, 2.05) is 63.2 Å². The fourth-order valence-electron chi connectivity index (χ4n) is 2.85. The second-order valence-electron chi connectivity index (χ2n) is 6.23. The third-order valence-corrected chi connectivity index (χ3v) is 4.24. The van der Waals surface area contributed by atoms with E-state index in [4.69, 9.17) is 4.74 Å². The Morgan fingerprint density at radius 1 is 1.19 bits per heavy atom. The highest BCUT2D eigenvalue weighted by atomic mass is 16.5. The number of rotatable bonds is 7. The Balaban J connectivity index is 1.68. The first kappa shape index (κ1) is 18.6. The number of amides is 1. The number of aryl methyl sites for hydroxylation is 3. The van der Waals surface area contributed by atoms with Gasteiger partial charge in [-0.2, -0.15) is 4.68 Å². The lowest BCUT2D eigenvalue weighted by Crippen LogP contribution is -2.13. The van der Waals surface area contributed by atoms with Crippen LogP contribution in [0, 0.1) is 13.8 Å². The molecule has 0 aliphatic rings. The van der Waals surface area contributed by atoms with Crippen LogP contribution >= 0.6 is 0 Å².